The Labute approximate surface area is 162 Å². The zero-order valence-electron chi connectivity index (χ0n) is 15.7. The average molecular weight is 385 g/mol. The Kier molecular flexibility index (Phi) is 7.25. The van der Waals surface area contributed by atoms with Crippen LogP contribution in [0.5, 0.6) is 5.75 Å². The SMILES string of the molecule is COc1cc(/C=C/C(=O)NC[C@H](N)[C@@H](O)c2ccc([N+](=O)[O-])cc2)ccc1C. The molecule has 1 amide bonds. The Morgan fingerprint density at radius 1 is 1.32 bits per heavy atom. The number of rotatable bonds is 8. The lowest BCUT2D eigenvalue weighted by Crippen LogP contribution is -2.40. The first-order chi connectivity index (χ1) is 13.3. The largest absolute Gasteiger partial charge is 0.496 e. The summed E-state index contributed by atoms with van der Waals surface area (Å²) < 4.78 is 5.24. The molecule has 2 aromatic rings. The van der Waals surface area contributed by atoms with Crippen molar-refractivity contribution in [3.8, 4) is 5.75 Å². The van der Waals surface area contributed by atoms with Crippen LogP contribution in [0.2, 0.25) is 0 Å². The number of ether oxygens (including phenoxy) is 1. The lowest BCUT2D eigenvalue weighted by atomic mass is 10.0. The van der Waals surface area contributed by atoms with E-state index in [1.807, 2.05) is 25.1 Å². The number of benzene rings is 2. The molecule has 148 valence electrons. The maximum Gasteiger partial charge on any atom is 0.269 e. The third kappa shape index (κ3) is 5.63. The molecule has 0 aromatic heterocycles. The molecule has 0 fully saturated rings. The molecule has 0 aliphatic carbocycles. The lowest BCUT2D eigenvalue weighted by Gasteiger charge is -2.19. The number of amides is 1. The number of nitrogens with zero attached hydrogens (tertiary/aromatic N) is 1. The highest BCUT2D eigenvalue weighted by molar-refractivity contribution is 5.91. The standard InChI is InChI=1S/C20H23N3O5/c1-13-3-4-14(11-18(13)28-2)5-10-19(24)22-12-17(21)20(25)15-6-8-16(9-7-15)23(26)27/h3-11,17,20,25H,12,21H2,1-2H3,(H,22,24)/b10-5+/t17-,20-/m0/s1. The van der Waals surface area contributed by atoms with Crippen molar-refractivity contribution in [3.63, 3.8) is 0 Å². The Balaban J connectivity index is 1.89. The molecule has 8 heteroatoms. The molecule has 0 saturated carbocycles. The minimum Gasteiger partial charge on any atom is -0.496 e. The van der Waals surface area contributed by atoms with E-state index >= 15 is 0 Å². The maximum atomic E-state index is 12.0. The Hall–Kier alpha value is -3.23. The number of methoxy groups -OCH3 is 1. The second-order valence-corrected chi connectivity index (χ2v) is 6.26. The number of hydrogen-bond acceptors (Lipinski definition) is 6. The first-order valence-corrected chi connectivity index (χ1v) is 8.60. The fourth-order valence-electron chi connectivity index (χ4n) is 2.54. The molecule has 0 aliphatic heterocycles. The van der Waals surface area contributed by atoms with E-state index < -0.39 is 17.1 Å². The van der Waals surface area contributed by atoms with Crippen LogP contribution >= 0.6 is 0 Å². The van der Waals surface area contributed by atoms with Gasteiger partial charge in [-0.3, -0.25) is 14.9 Å². The van der Waals surface area contributed by atoms with Crippen LogP contribution in [0.4, 0.5) is 5.69 Å². The van der Waals surface area contributed by atoms with E-state index in [9.17, 15) is 20.0 Å². The molecule has 0 aliphatic rings. The number of carbonyl (C=O) groups excluding carboxylic acids is 1. The van der Waals surface area contributed by atoms with Gasteiger partial charge in [-0.1, -0.05) is 12.1 Å². The third-order valence-corrected chi connectivity index (χ3v) is 4.22. The summed E-state index contributed by atoms with van der Waals surface area (Å²) in [5.41, 5.74) is 8.09. The van der Waals surface area contributed by atoms with Crippen LogP contribution in [-0.2, 0) is 4.79 Å². The van der Waals surface area contributed by atoms with Crippen LogP contribution < -0.4 is 15.8 Å². The molecule has 0 radical (unpaired) electrons. The van der Waals surface area contributed by atoms with Gasteiger partial charge in [-0.25, -0.2) is 0 Å². The van der Waals surface area contributed by atoms with E-state index in [0.29, 0.717) is 5.56 Å². The average Bonchev–Trinajstić information content (AvgIpc) is 2.70. The van der Waals surface area contributed by atoms with Crippen LogP contribution in [0, 0.1) is 17.0 Å². The molecular formula is C20H23N3O5. The van der Waals surface area contributed by atoms with Gasteiger partial charge in [0.1, 0.15) is 5.75 Å². The van der Waals surface area contributed by atoms with Crippen LogP contribution in [0.3, 0.4) is 0 Å². The summed E-state index contributed by atoms with van der Waals surface area (Å²) in [6, 6.07) is 10.3. The molecule has 2 aromatic carbocycles. The molecule has 2 rings (SSSR count). The highest BCUT2D eigenvalue weighted by Gasteiger charge is 2.18. The van der Waals surface area contributed by atoms with E-state index in [0.717, 1.165) is 16.9 Å². The van der Waals surface area contributed by atoms with Gasteiger partial charge in [0, 0.05) is 24.8 Å². The van der Waals surface area contributed by atoms with Crippen LogP contribution in [0.1, 0.15) is 22.8 Å². The molecule has 28 heavy (non-hydrogen) atoms. The van der Waals surface area contributed by atoms with Gasteiger partial charge in [-0.15, -0.1) is 0 Å². The monoisotopic (exact) mass is 385 g/mol. The van der Waals surface area contributed by atoms with Crippen molar-refractivity contribution >= 4 is 17.7 Å². The second-order valence-electron chi connectivity index (χ2n) is 6.26. The topological polar surface area (TPSA) is 128 Å². The van der Waals surface area contributed by atoms with Crippen LogP contribution in [0.15, 0.2) is 48.5 Å². The number of nitrogens with one attached hydrogen (secondary N) is 1. The zero-order chi connectivity index (χ0) is 20.7. The van der Waals surface area contributed by atoms with E-state index in [1.165, 1.54) is 30.3 Å². The Bertz CT molecular complexity index is 865. The first kappa shape index (κ1) is 21.1. The zero-order valence-corrected chi connectivity index (χ0v) is 15.7. The van der Waals surface area contributed by atoms with Crippen LogP contribution in [-0.4, -0.2) is 35.6 Å². The quantitative estimate of drug-likeness (QED) is 0.363. The third-order valence-electron chi connectivity index (χ3n) is 4.22. The molecular weight excluding hydrogens is 362 g/mol. The van der Waals surface area contributed by atoms with E-state index in [2.05, 4.69) is 5.32 Å². The number of hydrogen-bond donors (Lipinski definition) is 3. The summed E-state index contributed by atoms with van der Waals surface area (Å²) in [6.45, 7) is 1.97. The molecule has 0 saturated heterocycles. The lowest BCUT2D eigenvalue weighted by molar-refractivity contribution is -0.384. The molecule has 0 heterocycles. The summed E-state index contributed by atoms with van der Waals surface area (Å²) in [5.74, 6) is 0.377. The predicted molar refractivity (Wildman–Crippen MR) is 106 cm³/mol. The number of carbonyl (C=O) groups is 1. The number of aliphatic hydroxyl groups excluding tert-OH is 1. The van der Waals surface area contributed by atoms with Gasteiger partial charge in [-0.05, 0) is 47.9 Å². The van der Waals surface area contributed by atoms with Gasteiger partial charge in [0.2, 0.25) is 5.91 Å². The van der Waals surface area contributed by atoms with Crippen molar-refractivity contribution in [1.82, 2.24) is 5.32 Å². The molecule has 2 atom stereocenters. The van der Waals surface area contributed by atoms with E-state index in [4.69, 9.17) is 10.5 Å². The summed E-state index contributed by atoms with van der Waals surface area (Å²) in [5, 5.41) is 23.5. The number of nitro benzene ring substituents is 1. The Morgan fingerprint density at radius 2 is 2.00 bits per heavy atom. The number of nitro groups is 1. The van der Waals surface area contributed by atoms with E-state index in [-0.39, 0.29) is 18.1 Å². The summed E-state index contributed by atoms with van der Waals surface area (Å²) in [7, 11) is 1.58. The van der Waals surface area contributed by atoms with Crippen molar-refractivity contribution in [1.29, 1.82) is 0 Å². The maximum absolute atomic E-state index is 12.0. The fourth-order valence-corrected chi connectivity index (χ4v) is 2.54. The minimum atomic E-state index is -1.06. The van der Waals surface area contributed by atoms with Gasteiger partial charge in [-0.2, -0.15) is 0 Å². The molecule has 8 nitrogen and oxygen atoms in total. The smallest absolute Gasteiger partial charge is 0.269 e. The van der Waals surface area contributed by atoms with Crippen molar-refractivity contribution in [2.75, 3.05) is 13.7 Å². The molecule has 0 bridgehead atoms. The predicted octanol–water partition coefficient (Wildman–Crippen LogP) is 2.10. The number of aryl methyl sites for hydroxylation is 1. The van der Waals surface area contributed by atoms with Gasteiger partial charge in [0.25, 0.3) is 5.69 Å². The summed E-state index contributed by atoms with van der Waals surface area (Å²) in [4.78, 5) is 22.1. The summed E-state index contributed by atoms with van der Waals surface area (Å²) >= 11 is 0. The summed E-state index contributed by atoms with van der Waals surface area (Å²) in [6.07, 6.45) is 1.96. The molecule has 4 N–H and O–H groups in total. The number of non-ortho nitro benzene ring substituents is 1. The van der Waals surface area contributed by atoms with Crippen molar-refractivity contribution in [2.45, 2.75) is 19.1 Å². The first-order valence-electron chi connectivity index (χ1n) is 8.60. The Morgan fingerprint density at radius 3 is 2.61 bits per heavy atom. The van der Waals surface area contributed by atoms with E-state index in [1.54, 1.807) is 13.2 Å². The second kappa shape index (κ2) is 9.63. The van der Waals surface area contributed by atoms with Crippen molar-refractivity contribution in [2.24, 2.45) is 5.73 Å². The minimum absolute atomic E-state index is 0.0402. The van der Waals surface area contributed by atoms with Crippen LogP contribution in [0.25, 0.3) is 6.08 Å². The normalized spacial score (nSPS) is 13.1. The number of nitrogens with two attached hydrogens (primary N) is 1. The molecule has 0 unspecified atom stereocenters. The highest BCUT2D eigenvalue weighted by Crippen LogP contribution is 2.20. The van der Waals surface area contributed by atoms with Gasteiger partial charge in [0.05, 0.1) is 24.2 Å². The number of aliphatic hydroxyl groups is 1. The molecule has 0 spiro atoms. The van der Waals surface area contributed by atoms with Gasteiger partial charge in [0.15, 0.2) is 0 Å². The highest BCUT2D eigenvalue weighted by atomic mass is 16.6. The van der Waals surface area contributed by atoms with Crippen molar-refractivity contribution < 1.29 is 19.6 Å². The van der Waals surface area contributed by atoms with Crippen molar-refractivity contribution in [3.05, 3.63) is 75.3 Å². The van der Waals surface area contributed by atoms with Gasteiger partial charge < -0.3 is 20.9 Å². The van der Waals surface area contributed by atoms with Gasteiger partial charge >= 0.3 is 0 Å². The fraction of sp³-hybridized carbons (Fsp3) is 0.250.